The zero-order valence-corrected chi connectivity index (χ0v) is 15.4. The Morgan fingerprint density at radius 2 is 1.88 bits per heavy atom. The van der Waals surface area contributed by atoms with Crippen LogP contribution in [0, 0.1) is 0 Å². The van der Waals surface area contributed by atoms with Crippen LogP contribution in [0.2, 0.25) is 5.02 Å². The first kappa shape index (κ1) is 16.8. The zero-order valence-electron chi connectivity index (χ0n) is 13.0. The third-order valence-electron chi connectivity index (χ3n) is 3.80. The molecule has 0 radical (unpaired) electrons. The molecule has 2 amide bonds. The summed E-state index contributed by atoms with van der Waals surface area (Å²) in [6, 6.07) is 12.0. The summed E-state index contributed by atoms with van der Waals surface area (Å²) in [6.45, 7) is 0. The quantitative estimate of drug-likeness (QED) is 0.406. The van der Waals surface area contributed by atoms with Gasteiger partial charge in [-0.25, -0.2) is 0 Å². The van der Waals surface area contributed by atoms with Crippen molar-refractivity contribution in [1.82, 2.24) is 14.1 Å². The number of benzene rings is 2. The average molecular weight is 401 g/mol. The van der Waals surface area contributed by atoms with E-state index < -0.39 is 11.8 Å². The van der Waals surface area contributed by atoms with Crippen molar-refractivity contribution < 1.29 is 9.59 Å². The van der Waals surface area contributed by atoms with E-state index >= 15 is 0 Å². The van der Waals surface area contributed by atoms with Crippen LogP contribution in [0.5, 0.6) is 0 Å². The zero-order chi connectivity index (χ0) is 18.3. The summed E-state index contributed by atoms with van der Waals surface area (Å²) in [5, 5.41) is 3.10. The van der Waals surface area contributed by atoms with Crippen molar-refractivity contribution in [3.05, 3.63) is 58.6 Å². The molecule has 2 aromatic carbocycles. The van der Waals surface area contributed by atoms with Crippen LogP contribution in [0.3, 0.4) is 0 Å². The maximum absolute atomic E-state index is 13.0. The molecule has 128 valence electrons. The molecule has 4 rings (SSSR count). The molecule has 1 fully saturated rings. The number of anilines is 1. The molecular weight excluding hydrogens is 392 g/mol. The van der Waals surface area contributed by atoms with Crippen molar-refractivity contribution in [3.8, 4) is 0 Å². The molecule has 0 saturated carbocycles. The molecule has 1 aliphatic rings. The predicted molar refractivity (Wildman–Crippen MR) is 105 cm³/mol. The molecule has 1 aromatic heterocycles. The summed E-state index contributed by atoms with van der Waals surface area (Å²) in [4.78, 5) is 26.6. The van der Waals surface area contributed by atoms with Gasteiger partial charge in [-0.15, -0.1) is 0 Å². The van der Waals surface area contributed by atoms with E-state index in [1.54, 1.807) is 36.4 Å². The molecule has 9 heteroatoms. The van der Waals surface area contributed by atoms with E-state index in [0.29, 0.717) is 27.3 Å². The van der Waals surface area contributed by atoms with Gasteiger partial charge in [0, 0.05) is 10.6 Å². The summed E-state index contributed by atoms with van der Waals surface area (Å²) in [6.07, 6.45) is 1.51. The Bertz CT molecular complexity index is 1090. The number of hydrogen-bond donors (Lipinski definition) is 1. The van der Waals surface area contributed by atoms with E-state index in [0.717, 1.165) is 11.7 Å². The molecule has 1 saturated heterocycles. The summed E-state index contributed by atoms with van der Waals surface area (Å²) in [7, 11) is 0. The van der Waals surface area contributed by atoms with Crippen LogP contribution in [0.4, 0.5) is 5.69 Å². The van der Waals surface area contributed by atoms with Crippen molar-refractivity contribution >= 4 is 75.3 Å². The van der Waals surface area contributed by atoms with Crippen molar-refractivity contribution in [3.63, 3.8) is 0 Å². The lowest BCUT2D eigenvalue weighted by Crippen LogP contribution is -2.54. The number of nitrogens with zero attached hydrogens (tertiary/aromatic N) is 3. The molecular formula is C17H9ClN4O2S2. The van der Waals surface area contributed by atoms with Gasteiger partial charge in [-0.3, -0.25) is 19.8 Å². The molecule has 2 heterocycles. The second kappa shape index (κ2) is 6.56. The smallest absolute Gasteiger partial charge is 0.270 e. The van der Waals surface area contributed by atoms with Crippen molar-refractivity contribution in [2.24, 2.45) is 0 Å². The Hall–Kier alpha value is -2.68. The highest BCUT2D eigenvalue weighted by Crippen LogP contribution is 2.25. The fourth-order valence-corrected chi connectivity index (χ4v) is 3.54. The van der Waals surface area contributed by atoms with E-state index in [1.807, 2.05) is 6.07 Å². The van der Waals surface area contributed by atoms with Crippen molar-refractivity contribution in [2.45, 2.75) is 0 Å². The van der Waals surface area contributed by atoms with Crippen LogP contribution >= 0.6 is 35.5 Å². The molecule has 26 heavy (non-hydrogen) atoms. The van der Waals surface area contributed by atoms with Crippen LogP contribution in [0.25, 0.3) is 17.1 Å². The monoisotopic (exact) mass is 400 g/mol. The standard InChI is InChI=1S/C17H9ClN4O2S2/c18-10-4-6-11(7-5-10)22-16(24)12(15(23)19-17(22)25)8-9-2-1-3-13-14(9)21-26-20-13/h1-8H,(H,19,23,25). The Morgan fingerprint density at radius 1 is 1.12 bits per heavy atom. The fourth-order valence-electron chi connectivity index (χ4n) is 2.58. The molecule has 0 atom stereocenters. The van der Waals surface area contributed by atoms with Gasteiger partial charge in [-0.05, 0) is 48.6 Å². The number of carbonyl (C=O) groups is 2. The van der Waals surface area contributed by atoms with Crippen LogP contribution in [0.15, 0.2) is 48.0 Å². The molecule has 1 aliphatic heterocycles. The topological polar surface area (TPSA) is 75.2 Å². The first-order valence-corrected chi connectivity index (χ1v) is 8.94. The molecule has 0 unspecified atom stereocenters. The number of fused-ring (bicyclic) bond motifs is 1. The number of halogens is 1. The normalized spacial score (nSPS) is 16.4. The number of aromatic nitrogens is 2. The maximum atomic E-state index is 13.0. The maximum Gasteiger partial charge on any atom is 0.270 e. The Kier molecular flexibility index (Phi) is 4.23. The summed E-state index contributed by atoms with van der Waals surface area (Å²) in [5.74, 6) is -1.06. The van der Waals surface area contributed by atoms with Crippen molar-refractivity contribution in [2.75, 3.05) is 4.90 Å². The third kappa shape index (κ3) is 2.88. The van der Waals surface area contributed by atoms with Gasteiger partial charge in [0.1, 0.15) is 16.6 Å². The second-order valence-electron chi connectivity index (χ2n) is 5.41. The van der Waals surface area contributed by atoms with Gasteiger partial charge < -0.3 is 0 Å². The van der Waals surface area contributed by atoms with Gasteiger partial charge in [-0.2, -0.15) is 8.75 Å². The Labute approximate surface area is 162 Å². The lowest BCUT2D eigenvalue weighted by molar-refractivity contribution is -0.122. The highest BCUT2D eigenvalue weighted by Gasteiger charge is 2.34. The molecule has 6 nitrogen and oxygen atoms in total. The second-order valence-corrected chi connectivity index (χ2v) is 6.77. The van der Waals surface area contributed by atoms with Crippen LogP contribution in [-0.4, -0.2) is 25.7 Å². The average Bonchev–Trinajstić information content (AvgIpc) is 3.09. The molecule has 0 spiro atoms. The van der Waals surface area contributed by atoms with E-state index in [9.17, 15) is 9.59 Å². The minimum Gasteiger partial charge on any atom is -0.298 e. The summed E-state index contributed by atoms with van der Waals surface area (Å²) in [5.41, 5.74) is 2.46. The highest BCUT2D eigenvalue weighted by molar-refractivity contribution is 7.80. The summed E-state index contributed by atoms with van der Waals surface area (Å²) >= 11 is 12.1. The van der Waals surface area contributed by atoms with Gasteiger partial charge in [0.05, 0.1) is 17.4 Å². The van der Waals surface area contributed by atoms with E-state index in [1.165, 1.54) is 11.0 Å². The van der Waals surface area contributed by atoms with Gasteiger partial charge in [0.15, 0.2) is 5.11 Å². The first-order valence-electron chi connectivity index (χ1n) is 7.43. The van der Waals surface area contributed by atoms with E-state index in [-0.39, 0.29) is 10.7 Å². The number of thiocarbonyl (C=S) groups is 1. The van der Waals surface area contributed by atoms with Gasteiger partial charge >= 0.3 is 0 Å². The van der Waals surface area contributed by atoms with Gasteiger partial charge in [0.2, 0.25) is 0 Å². The third-order valence-corrected chi connectivity index (χ3v) is 4.88. The molecule has 1 N–H and O–H groups in total. The fraction of sp³-hybridized carbons (Fsp3) is 0. The minimum atomic E-state index is -0.551. The number of carbonyl (C=O) groups excluding carboxylic acids is 2. The highest BCUT2D eigenvalue weighted by atomic mass is 35.5. The molecule has 0 aliphatic carbocycles. The molecule has 0 bridgehead atoms. The minimum absolute atomic E-state index is 0.0213. The van der Waals surface area contributed by atoms with Gasteiger partial charge in [0.25, 0.3) is 11.8 Å². The Balaban J connectivity index is 1.79. The van der Waals surface area contributed by atoms with Crippen LogP contribution in [-0.2, 0) is 9.59 Å². The van der Waals surface area contributed by atoms with Crippen LogP contribution < -0.4 is 10.2 Å². The lowest BCUT2D eigenvalue weighted by Gasteiger charge is -2.28. The van der Waals surface area contributed by atoms with Crippen molar-refractivity contribution in [1.29, 1.82) is 0 Å². The largest absolute Gasteiger partial charge is 0.298 e. The predicted octanol–water partition coefficient (Wildman–Crippen LogP) is 3.18. The number of rotatable bonds is 2. The van der Waals surface area contributed by atoms with E-state index in [2.05, 4.69) is 14.1 Å². The van der Waals surface area contributed by atoms with Gasteiger partial charge in [-0.1, -0.05) is 23.7 Å². The van der Waals surface area contributed by atoms with Crippen LogP contribution in [0.1, 0.15) is 5.56 Å². The first-order chi connectivity index (χ1) is 12.5. The lowest BCUT2D eigenvalue weighted by atomic mass is 10.1. The molecule has 3 aromatic rings. The number of hydrogen-bond acceptors (Lipinski definition) is 6. The number of nitrogens with one attached hydrogen (secondary N) is 1. The SMILES string of the molecule is O=C1NC(=S)N(c2ccc(Cl)cc2)C(=O)C1=Cc1cccc2nsnc12. The Morgan fingerprint density at radius 3 is 2.65 bits per heavy atom. The van der Waals surface area contributed by atoms with E-state index in [4.69, 9.17) is 23.8 Å². The number of amides is 2. The summed E-state index contributed by atoms with van der Waals surface area (Å²) < 4.78 is 8.39.